The van der Waals surface area contributed by atoms with Crippen molar-refractivity contribution in [3.8, 4) is 0 Å². The second-order valence-electron chi connectivity index (χ2n) is 5.70. The molecule has 0 aromatic heterocycles. The van der Waals surface area contributed by atoms with Gasteiger partial charge in [-0.15, -0.1) is 0 Å². The molecule has 0 N–H and O–H groups in total. The second kappa shape index (κ2) is 6.06. The van der Waals surface area contributed by atoms with E-state index in [4.69, 9.17) is 16.3 Å². The number of halogens is 1. The third-order valence-electron chi connectivity index (χ3n) is 4.05. The molecule has 1 saturated carbocycles. The lowest BCUT2D eigenvalue weighted by Gasteiger charge is -2.25. The first-order chi connectivity index (χ1) is 9.90. The molecule has 1 fully saturated rings. The lowest BCUT2D eigenvalue weighted by Crippen LogP contribution is -2.40. The number of amides is 1. The number of esters is 1. The summed E-state index contributed by atoms with van der Waals surface area (Å²) in [7, 11) is 3.09. The predicted molar refractivity (Wildman–Crippen MR) is 81.2 cm³/mol. The quantitative estimate of drug-likeness (QED) is 0.786. The molecule has 0 bridgehead atoms. The van der Waals surface area contributed by atoms with Crippen LogP contribution in [0, 0.1) is 5.92 Å². The molecule has 0 saturated heterocycles. The van der Waals surface area contributed by atoms with Gasteiger partial charge in [0.05, 0.1) is 18.4 Å². The van der Waals surface area contributed by atoms with Gasteiger partial charge in [-0.3, -0.25) is 9.59 Å². The molecule has 1 atom stereocenters. The van der Waals surface area contributed by atoms with Crippen molar-refractivity contribution < 1.29 is 14.3 Å². The highest BCUT2D eigenvalue weighted by Gasteiger charge is 2.52. The number of carbonyl (C=O) groups excluding carboxylic acids is 2. The normalized spacial score (nSPS) is 17.0. The highest BCUT2D eigenvalue weighted by atomic mass is 35.5. The molecule has 1 amide bonds. The standard InChI is InChI=1S/C16H20ClNO3/c1-11(14(19)21-3)10-18(2)15(20)16(8-9-16)12-4-6-13(17)7-5-12/h4-7,11H,8-10H2,1-3H3. The van der Waals surface area contributed by atoms with Crippen molar-refractivity contribution in [1.82, 2.24) is 4.90 Å². The summed E-state index contributed by atoms with van der Waals surface area (Å²) < 4.78 is 4.70. The Bertz CT molecular complexity index is 537. The molecule has 1 aromatic rings. The Morgan fingerprint density at radius 3 is 2.38 bits per heavy atom. The van der Waals surface area contributed by atoms with Crippen molar-refractivity contribution in [2.75, 3.05) is 20.7 Å². The molecule has 0 heterocycles. The summed E-state index contributed by atoms with van der Waals surface area (Å²) in [5.74, 6) is -0.573. The van der Waals surface area contributed by atoms with Crippen LogP contribution in [0.5, 0.6) is 0 Å². The van der Waals surface area contributed by atoms with Gasteiger partial charge in [0, 0.05) is 18.6 Å². The Morgan fingerprint density at radius 2 is 1.90 bits per heavy atom. The second-order valence-corrected chi connectivity index (χ2v) is 6.14. The van der Waals surface area contributed by atoms with Crippen LogP contribution < -0.4 is 0 Å². The highest BCUT2D eigenvalue weighted by molar-refractivity contribution is 6.30. The van der Waals surface area contributed by atoms with E-state index in [1.54, 1.807) is 31.0 Å². The molecular weight excluding hydrogens is 290 g/mol. The Morgan fingerprint density at radius 1 is 1.33 bits per heavy atom. The van der Waals surface area contributed by atoms with Crippen LogP contribution in [0.15, 0.2) is 24.3 Å². The van der Waals surface area contributed by atoms with Gasteiger partial charge in [-0.05, 0) is 30.5 Å². The lowest BCUT2D eigenvalue weighted by atomic mass is 9.94. The number of methoxy groups -OCH3 is 1. The Hall–Kier alpha value is -1.55. The van der Waals surface area contributed by atoms with Crippen molar-refractivity contribution in [3.63, 3.8) is 0 Å². The molecule has 1 aliphatic rings. The molecule has 114 valence electrons. The van der Waals surface area contributed by atoms with E-state index in [-0.39, 0.29) is 17.8 Å². The number of carbonyl (C=O) groups is 2. The van der Waals surface area contributed by atoms with Gasteiger partial charge in [0.2, 0.25) is 5.91 Å². The van der Waals surface area contributed by atoms with Crippen LogP contribution in [0.25, 0.3) is 0 Å². The summed E-state index contributed by atoms with van der Waals surface area (Å²) >= 11 is 5.90. The van der Waals surface area contributed by atoms with Crippen LogP contribution in [-0.2, 0) is 19.7 Å². The summed E-state index contributed by atoms with van der Waals surface area (Å²) in [5.41, 5.74) is 0.560. The van der Waals surface area contributed by atoms with E-state index in [9.17, 15) is 9.59 Å². The minimum atomic E-state index is -0.435. The number of hydrogen-bond donors (Lipinski definition) is 0. The Labute approximate surface area is 130 Å². The van der Waals surface area contributed by atoms with E-state index >= 15 is 0 Å². The minimum absolute atomic E-state index is 0.0561. The third kappa shape index (κ3) is 3.21. The summed E-state index contributed by atoms with van der Waals surface area (Å²) in [6.07, 6.45) is 1.68. The average molecular weight is 310 g/mol. The largest absolute Gasteiger partial charge is 0.469 e. The number of likely N-dealkylation sites (N-methyl/N-ethyl adjacent to an activating group) is 1. The van der Waals surface area contributed by atoms with Crippen LogP contribution >= 0.6 is 11.6 Å². The van der Waals surface area contributed by atoms with Gasteiger partial charge in [0.1, 0.15) is 0 Å². The van der Waals surface area contributed by atoms with Gasteiger partial charge in [0.15, 0.2) is 0 Å². The van der Waals surface area contributed by atoms with Gasteiger partial charge in [-0.2, -0.15) is 0 Å². The van der Waals surface area contributed by atoms with E-state index < -0.39 is 5.41 Å². The number of hydrogen-bond acceptors (Lipinski definition) is 3. The summed E-state index contributed by atoms with van der Waals surface area (Å²) in [5, 5.41) is 0.662. The number of ether oxygens (including phenoxy) is 1. The Kier molecular flexibility index (Phi) is 4.57. The maximum atomic E-state index is 12.7. The smallest absolute Gasteiger partial charge is 0.310 e. The first kappa shape index (κ1) is 15.8. The van der Waals surface area contributed by atoms with E-state index in [1.807, 2.05) is 12.1 Å². The first-order valence-electron chi connectivity index (χ1n) is 7.00. The SMILES string of the molecule is COC(=O)C(C)CN(C)C(=O)C1(c2ccc(Cl)cc2)CC1. The zero-order valence-corrected chi connectivity index (χ0v) is 13.3. The maximum Gasteiger partial charge on any atom is 0.310 e. The molecule has 1 aliphatic carbocycles. The molecule has 0 radical (unpaired) electrons. The van der Waals surface area contributed by atoms with Crippen LogP contribution in [0.2, 0.25) is 5.02 Å². The molecule has 4 nitrogen and oxygen atoms in total. The van der Waals surface area contributed by atoms with Gasteiger partial charge < -0.3 is 9.64 Å². The fourth-order valence-electron chi connectivity index (χ4n) is 2.65. The monoisotopic (exact) mass is 309 g/mol. The van der Waals surface area contributed by atoms with E-state index in [0.29, 0.717) is 11.6 Å². The van der Waals surface area contributed by atoms with E-state index in [0.717, 1.165) is 18.4 Å². The molecule has 5 heteroatoms. The number of benzene rings is 1. The third-order valence-corrected chi connectivity index (χ3v) is 4.31. The molecule has 21 heavy (non-hydrogen) atoms. The van der Waals surface area contributed by atoms with Crippen LogP contribution in [-0.4, -0.2) is 37.5 Å². The van der Waals surface area contributed by atoms with Crippen molar-refractivity contribution in [3.05, 3.63) is 34.9 Å². The molecule has 1 aromatic carbocycles. The summed E-state index contributed by atoms with van der Waals surface area (Å²) in [6, 6.07) is 7.43. The van der Waals surface area contributed by atoms with Gasteiger partial charge in [-0.1, -0.05) is 30.7 Å². The minimum Gasteiger partial charge on any atom is -0.469 e. The number of nitrogens with zero attached hydrogens (tertiary/aromatic N) is 1. The van der Waals surface area contributed by atoms with Crippen LogP contribution in [0.1, 0.15) is 25.3 Å². The van der Waals surface area contributed by atoms with Crippen molar-refractivity contribution in [1.29, 1.82) is 0 Å². The number of rotatable bonds is 5. The summed E-state index contributed by atoms with van der Waals surface area (Å²) in [4.78, 5) is 25.8. The van der Waals surface area contributed by atoms with Crippen molar-refractivity contribution >= 4 is 23.5 Å². The zero-order valence-electron chi connectivity index (χ0n) is 12.6. The van der Waals surface area contributed by atoms with E-state index in [2.05, 4.69) is 0 Å². The van der Waals surface area contributed by atoms with Crippen LogP contribution in [0.4, 0.5) is 0 Å². The average Bonchev–Trinajstić information content (AvgIpc) is 3.27. The van der Waals surface area contributed by atoms with Crippen LogP contribution in [0.3, 0.4) is 0 Å². The molecule has 2 rings (SSSR count). The molecule has 0 aliphatic heterocycles. The highest BCUT2D eigenvalue weighted by Crippen LogP contribution is 2.49. The molecule has 0 spiro atoms. The fourth-order valence-corrected chi connectivity index (χ4v) is 2.78. The zero-order chi connectivity index (χ0) is 15.6. The Balaban J connectivity index is 2.08. The summed E-state index contributed by atoms with van der Waals surface area (Å²) in [6.45, 7) is 2.12. The predicted octanol–water partition coefficient (Wildman–Crippen LogP) is 2.64. The van der Waals surface area contributed by atoms with E-state index in [1.165, 1.54) is 7.11 Å². The van der Waals surface area contributed by atoms with Gasteiger partial charge >= 0.3 is 5.97 Å². The molecule has 1 unspecified atom stereocenters. The van der Waals surface area contributed by atoms with Gasteiger partial charge in [0.25, 0.3) is 0 Å². The molecular formula is C16H20ClNO3. The maximum absolute atomic E-state index is 12.7. The van der Waals surface area contributed by atoms with Crippen molar-refractivity contribution in [2.45, 2.75) is 25.2 Å². The van der Waals surface area contributed by atoms with Gasteiger partial charge in [-0.25, -0.2) is 0 Å². The lowest BCUT2D eigenvalue weighted by molar-refractivity contribution is -0.146. The first-order valence-corrected chi connectivity index (χ1v) is 7.38. The topological polar surface area (TPSA) is 46.6 Å². The fraction of sp³-hybridized carbons (Fsp3) is 0.500. The van der Waals surface area contributed by atoms with Crippen molar-refractivity contribution in [2.24, 2.45) is 5.92 Å².